The maximum atomic E-state index is 11.2. The molecule has 0 saturated carbocycles. The number of sulfonamides is 1. The summed E-state index contributed by atoms with van der Waals surface area (Å²) in [5.74, 6) is -1.05. The van der Waals surface area contributed by atoms with Crippen LogP contribution in [-0.2, 0) is 14.8 Å². The van der Waals surface area contributed by atoms with E-state index in [9.17, 15) is 13.2 Å². The molecule has 0 aromatic heterocycles. The molecule has 0 unspecified atom stereocenters. The second-order valence-electron chi connectivity index (χ2n) is 3.47. The average Bonchev–Trinajstić information content (AvgIpc) is 2.01. The SMILES string of the molecule is CC(C)NCCS(=O)(=O)NCCC(=O)O. The zero-order valence-corrected chi connectivity index (χ0v) is 9.80. The number of hydrogen-bond acceptors (Lipinski definition) is 4. The fourth-order valence-corrected chi connectivity index (χ4v) is 1.81. The van der Waals surface area contributed by atoms with Gasteiger partial charge in [0, 0.05) is 19.1 Å². The minimum absolute atomic E-state index is 0.0369. The van der Waals surface area contributed by atoms with E-state index in [-0.39, 0.29) is 24.8 Å². The highest BCUT2D eigenvalue weighted by atomic mass is 32.2. The normalized spacial score (nSPS) is 11.9. The van der Waals surface area contributed by atoms with Gasteiger partial charge < -0.3 is 10.4 Å². The standard InChI is InChI=1S/C8H18N2O4S/c1-7(2)9-5-6-15(13,14)10-4-3-8(11)12/h7,9-10H,3-6H2,1-2H3,(H,11,12). The molecular formula is C8H18N2O4S. The fraction of sp³-hybridized carbons (Fsp3) is 0.875. The first kappa shape index (κ1) is 14.3. The lowest BCUT2D eigenvalue weighted by molar-refractivity contribution is -0.136. The molecule has 0 aliphatic rings. The molecule has 0 heterocycles. The number of rotatable bonds is 8. The maximum Gasteiger partial charge on any atom is 0.304 e. The lowest BCUT2D eigenvalue weighted by atomic mass is 10.4. The molecule has 7 heteroatoms. The molecule has 0 rings (SSSR count). The second kappa shape index (κ2) is 6.76. The van der Waals surface area contributed by atoms with Crippen molar-refractivity contribution in [2.24, 2.45) is 0 Å². The predicted molar refractivity (Wildman–Crippen MR) is 57.2 cm³/mol. The molecule has 0 aromatic rings. The summed E-state index contributed by atoms with van der Waals surface area (Å²) in [7, 11) is -3.35. The van der Waals surface area contributed by atoms with Gasteiger partial charge in [-0.1, -0.05) is 13.8 Å². The number of carbonyl (C=O) groups is 1. The zero-order valence-electron chi connectivity index (χ0n) is 8.99. The topological polar surface area (TPSA) is 95.5 Å². The van der Waals surface area contributed by atoms with E-state index in [1.807, 2.05) is 13.8 Å². The largest absolute Gasteiger partial charge is 0.481 e. The van der Waals surface area contributed by atoms with E-state index in [4.69, 9.17) is 5.11 Å². The van der Waals surface area contributed by atoms with Crippen LogP contribution >= 0.6 is 0 Å². The Hall–Kier alpha value is -0.660. The first-order valence-corrected chi connectivity index (χ1v) is 6.41. The maximum absolute atomic E-state index is 11.2. The Morgan fingerprint density at radius 2 is 1.93 bits per heavy atom. The van der Waals surface area contributed by atoms with Gasteiger partial charge in [-0.3, -0.25) is 4.79 Å². The van der Waals surface area contributed by atoms with Crippen molar-refractivity contribution in [3.63, 3.8) is 0 Å². The predicted octanol–water partition coefficient (Wildman–Crippen LogP) is -0.621. The van der Waals surface area contributed by atoms with Crippen molar-refractivity contribution in [2.45, 2.75) is 26.3 Å². The molecule has 0 aromatic carbocycles. The van der Waals surface area contributed by atoms with Crippen molar-refractivity contribution in [1.82, 2.24) is 10.0 Å². The first-order chi connectivity index (χ1) is 6.83. The average molecular weight is 238 g/mol. The third kappa shape index (κ3) is 9.64. The Kier molecular flexibility index (Phi) is 6.46. The number of carboxylic acids is 1. The summed E-state index contributed by atoms with van der Waals surface area (Å²) in [6, 6.07) is 0.235. The smallest absolute Gasteiger partial charge is 0.304 e. The summed E-state index contributed by atoms with van der Waals surface area (Å²) in [5, 5.41) is 11.3. The summed E-state index contributed by atoms with van der Waals surface area (Å²) in [6.07, 6.45) is -0.198. The van der Waals surface area contributed by atoms with Crippen molar-refractivity contribution in [3.05, 3.63) is 0 Å². The number of hydrogen-bond donors (Lipinski definition) is 3. The Labute approximate surface area is 90.1 Å². The third-order valence-corrected chi connectivity index (χ3v) is 2.97. The molecule has 15 heavy (non-hydrogen) atoms. The number of aliphatic carboxylic acids is 1. The summed E-state index contributed by atoms with van der Waals surface area (Å²) < 4.78 is 24.7. The quantitative estimate of drug-likeness (QED) is 0.524. The van der Waals surface area contributed by atoms with Crippen molar-refractivity contribution in [2.75, 3.05) is 18.8 Å². The molecule has 90 valence electrons. The zero-order chi connectivity index (χ0) is 11.9. The van der Waals surface area contributed by atoms with Crippen LogP contribution in [0.15, 0.2) is 0 Å². The fourth-order valence-electron chi connectivity index (χ4n) is 0.868. The highest BCUT2D eigenvalue weighted by Gasteiger charge is 2.10. The number of nitrogens with one attached hydrogen (secondary N) is 2. The van der Waals surface area contributed by atoms with Crippen LogP contribution in [-0.4, -0.2) is 44.4 Å². The third-order valence-electron chi connectivity index (χ3n) is 1.58. The van der Waals surface area contributed by atoms with Crippen LogP contribution in [0.5, 0.6) is 0 Å². The van der Waals surface area contributed by atoms with Gasteiger partial charge in [-0.15, -0.1) is 0 Å². The van der Waals surface area contributed by atoms with Gasteiger partial charge in [-0.2, -0.15) is 0 Å². The number of carboxylic acid groups (broad SMARTS) is 1. The monoisotopic (exact) mass is 238 g/mol. The molecule has 0 fully saturated rings. The minimum atomic E-state index is -3.35. The summed E-state index contributed by atoms with van der Waals surface area (Å²) in [5.41, 5.74) is 0. The van der Waals surface area contributed by atoms with Gasteiger partial charge in [0.1, 0.15) is 0 Å². The van der Waals surface area contributed by atoms with Crippen LogP contribution in [0.2, 0.25) is 0 Å². The summed E-state index contributed by atoms with van der Waals surface area (Å²) >= 11 is 0. The van der Waals surface area contributed by atoms with Crippen LogP contribution in [0.4, 0.5) is 0 Å². The van der Waals surface area contributed by atoms with Crippen molar-refractivity contribution in [3.8, 4) is 0 Å². The molecule has 6 nitrogen and oxygen atoms in total. The van der Waals surface area contributed by atoms with E-state index in [1.54, 1.807) is 0 Å². The molecule has 0 saturated heterocycles. The highest BCUT2D eigenvalue weighted by molar-refractivity contribution is 7.89. The van der Waals surface area contributed by atoms with Crippen LogP contribution in [0, 0.1) is 0 Å². The van der Waals surface area contributed by atoms with E-state index in [0.29, 0.717) is 6.54 Å². The summed E-state index contributed by atoms with van der Waals surface area (Å²) in [6.45, 7) is 4.15. The molecule has 0 amide bonds. The van der Waals surface area contributed by atoms with Gasteiger partial charge in [0.2, 0.25) is 10.0 Å². The molecule has 0 spiro atoms. The minimum Gasteiger partial charge on any atom is -0.481 e. The van der Waals surface area contributed by atoms with Gasteiger partial charge in [0.15, 0.2) is 0 Å². The Balaban J connectivity index is 3.73. The van der Waals surface area contributed by atoms with E-state index >= 15 is 0 Å². The molecule has 0 atom stereocenters. The Bertz CT molecular complexity index is 287. The lowest BCUT2D eigenvalue weighted by Crippen LogP contribution is -2.35. The first-order valence-electron chi connectivity index (χ1n) is 4.76. The Morgan fingerprint density at radius 1 is 1.33 bits per heavy atom. The van der Waals surface area contributed by atoms with Crippen LogP contribution in [0.25, 0.3) is 0 Å². The van der Waals surface area contributed by atoms with Gasteiger partial charge in [0.05, 0.1) is 12.2 Å². The second-order valence-corrected chi connectivity index (χ2v) is 5.39. The van der Waals surface area contributed by atoms with E-state index in [1.165, 1.54) is 0 Å². The van der Waals surface area contributed by atoms with Crippen molar-refractivity contribution < 1.29 is 18.3 Å². The molecule has 0 radical (unpaired) electrons. The Morgan fingerprint density at radius 3 is 2.40 bits per heavy atom. The van der Waals surface area contributed by atoms with Gasteiger partial charge in [0.25, 0.3) is 0 Å². The van der Waals surface area contributed by atoms with Crippen molar-refractivity contribution >= 4 is 16.0 Å². The van der Waals surface area contributed by atoms with Crippen LogP contribution in [0.1, 0.15) is 20.3 Å². The lowest BCUT2D eigenvalue weighted by Gasteiger charge is -2.08. The molecule has 3 N–H and O–H groups in total. The van der Waals surface area contributed by atoms with E-state index < -0.39 is 16.0 Å². The molecule has 0 aliphatic heterocycles. The van der Waals surface area contributed by atoms with Gasteiger partial charge in [-0.25, -0.2) is 13.1 Å². The summed E-state index contributed by atoms with van der Waals surface area (Å²) in [4.78, 5) is 10.1. The van der Waals surface area contributed by atoms with E-state index in [2.05, 4.69) is 10.0 Å². The van der Waals surface area contributed by atoms with Gasteiger partial charge >= 0.3 is 5.97 Å². The highest BCUT2D eigenvalue weighted by Crippen LogP contribution is 1.86. The molecule has 0 aliphatic carbocycles. The van der Waals surface area contributed by atoms with E-state index in [0.717, 1.165) is 0 Å². The van der Waals surface area contributed by atoms with Crippen LogP contribution in [0.3, 0.4) is 0 Å². The van der Waals surface area contributed by atoms with Crippen LogP contribution < -0.4 is 10.0 Å². The van der Waals surface area contributed by atoms with Gasteiger partial charge in [-0.05, 0) is 0 Å². The molecular weight excluding hydrogens is 220 g/mol. The molecule has 0 bridgehead atoms. The van der Waals surface area contributed by atoms with Crippen molar-refractivity contribution in [1.29, 1.82) is 0 Å².